The Balaban J connectivity index is 2.75. The maximum absolute atomic E-state index is 12.3. The molecule has 21 heavy (non-hydrogen) atoms. The lowest BCUT2D eigenvalue weighted by atomic mass is 10.1. The number of rotatable bonds is 7. The second-order valence-electron chi connectivity index (χ2n) is 4.90. The van der Waals surface area contributed by atoms with E-state index in [1.165, 1.54) is 7.11 Å². The summed E-state index contributed by atoms with van der Waals surface area (Å²) in [5.74, 6) is -0.624. The fourth-order valence-corrected chi connectivity index (χ4v) is 2.35. The molecule has 1 amide bonds. The van der Waals surface area contributed by atoms with Gasteiger partial charge in [-0.15, -0.1) is 0 Å². The van der Waals surface area contributed by atoms with Gasteiger partial charge < -0.3 is 19.9 Å². The molecule has 1 aromatic rings. The molecule has 1 rings (SSSR count). The molecular formula is C15H25N3O3. The first kappa shape index (κ1) is 17.2. The summed E-state index contributed by atoms with van der Waals surface area (Å²) in [7, 11) is 1.32. The van der Waals surface area contributed by atoms with E-state index >= 15 is 0 Å². The molecule has 0 bridgehead atoms. The predicted octanol–water partition coefficient (Wildman–Crippen LogP) is 1.49. The maximum atomic E-state index is 12.3. The lowest BCUT2D eigenvalue weighted by Gasteiger charge is -2.18. The molecule has 0 atom stereocenters. The number of methoxy groups -OCH3 is 1. The van der Waals surface area contributed by atoms with Gasteiger partial charge in [-0.25, -0.2) is 4.79 Å². The van der Waals surface area contributed by atoms with E-state index in [2.05, 4.69) is 29.0 Å². The number of nitrogens with zero attached hydrogens (tertiary/aromatic N) is 1. The number of aryl methyl sites for hydroxylation is 1. The Morgan fingerprint density at radius 3 is 2.38 bits per heavy atom. The van der Waals surface area contributed by atoms with Crippen molar-refractivity contribution in [2.45, 2.75) is 27.7 Å². The SMILES string of the molecule is CCN(CC)CCNC(=O)c1c(C)[nH]c(C(=O)OC)c1C. The number of esters is 1. The van der Waals surface area contributed by atoms with Crippen molar-refractivity contribution in [2.75, 3.05) is 33.3 Å². The van der Waals surface area contributed by atoms with Gasteiger partial charge in [-0.3, -0.25) is 4.79 Å². The molecule has 0 fully saturated rings. The highest BCUT2D eigenvalue weighted by atomic mass is 16.5. The number of hydrogen-bond acceptors (Lipinski definition) is 4. The summed E-state index contributed by atoms with van der Waals surface area (Å²) in [6, 6.07) is 0. The second kappa shape index (κ2) is 7.83. The molecule has 0 aliphatic rings. The van der Waals surface area contributed by atoms with Crippen molar-refractivity contribution in [3.63, 3.8) is 0 Å². The number of aromatic nitrogens is 1. The number of amides is 1. The summed E-state index contributed by atoms with van der Waals surface area (Å²) < 4.78 is 4.70. The summed E-state index contributed by atoms with van der Waals surface area (Å²) in [5.41, 5.74) is 2.16. The van der Waals surface area contributed by atoms with E-state index in [0.717, 1.165) is 19.6 Å². The highest BCUT2D eigenvalue weighted by molar-refractivity contribution is 6.01. The minimum absolute atomic E-state index is 0.163. The minimum atomic E-state index is -0.460. The highest BCUT2D eigenvalue weighted by Crippen LogP contribution is 2.18. The van der Waals surface area contributed by atoms with E-state index in [4.69, 9.17) is 4.74 Å². The van der Waals surface area contributed by atoms with Crippen molar-refractivity contribution in [3.05, 3.63) is 22.5 Å². The molecule has 1 heterocycles. The summed E-state index contributed by atoms with van der Waals surface area (Å²) >= 11 is 0. The third kappa shape index (κ3) is 4.07. The standard InChI is InChI=1S/C15H25N3O3/c1-6-18(7-2)9-8-16-14(19)12-10(3)13(15(20)21-5)17-11(12)4/h17H,6-9H2,1-5H3,(H,16,19). The zero-order chi connectivity index (χ0) is 16.0. The first-order valence-corrected chi connectivity index (χ1v) is 7.24. The predicted molar refractivity (Wildman–Crippen MR) is 81.7 cm³/mol. The highest BCUT2D eigenvalue weighted by Gasteiger charge is 2.22. The fraction of sp³-hybridized carbons (Fsp3) is 0.600. The molecule has 1 aromatic heterocycles. The smallest absolute Gasteiger partial charge is 0.354 e. The molecule has 0 spiro atoms. The number of H-pyrrole nitrogens is 1. The van der Waals surface area contributed by atoms with Gasteiger partial charge in [0.15, 0.2) is 0 Å². The zero-order valence-corrected chi connectivity index (χ0v) is 13.5. The van der Waals surface area contributed by atoms with Crippen molar-refractivity contribution in [2.24, 2.45) is 0 Å². The van der Waals surface area contributed by atoms with Crippen LogP contribution in [-0.2, 0) is 4.74 Å². The van der Waals surface area contributed by atoms with Crippen molar-refractivity contribution in [1.29, 1.82) is 0 Å². The van der Waals surface area contributed by atoms with Crippen LogP contribution in [0.3, 0.4) is 0 Å². The minimum Gasteiger partial charge on any atom is -0.464 e. The van der Waals surface area contributed by atoms with Crippen LogP contribution in [0.1, 0.15) is 46.0 Å². The first-order valence-electron chi connectivity index (χ1n) is 7.24. The normalized spacial score (nSPS) is 10.8. The Labute approximate surface area is 125 Å². The van der Waals surface area contributed by atoms with Crippen LogP contribution in [0.2, 0.25) is 0 Å². The molecule has 0 saturated heterocycles. The molecule has 0 aliphatic carbocycles. The number of aromatic amines is 1. The molecule has 0 saturated carbocycles. The van der Waals surface area contributed by atoms with Gasteiger partial charge in [0.2, 0.25) is 0 Å². The molecule has 2 N–H and O–H groups in total. The topological polar surface area (TPSA) is 74.4 Å². The molecule has 0 radical (unpaired) electrons. The van der Waals surface area contributed by atoms with Crippen LogP contribution in [0.5, 0.6) is 0 Å². The second-order valence-corrected chi connectivity index (χ2v) is 4.90. The Bertz CT molecular complexity index is 505. The van der Waals surface area contributed by atoms with Gasteiger partial charge in [-0.05, 0) is 32.5 Å². The van der Waals surface area contributed by atoms with Gasteiger partial charge in [0, 0.05) is 18.8 Å². The van der Waals surface area contributed by atoms with Gasteiger partial charge in [-0.1, -0.05) is 13.8 Å². The van der Waals surface area contributed by atoms with Crippen LogP contribution in [-0.4, -0.2) is 55.0 Å². The van der Waals surface area contributed by atoms with E-state index in [1.807, 2.05) is 0 Å². The average molecular weight is 295 g/mol. The van der Waals surface area contributed by atoms with Gasteiger partial charge in [-0.2, -0.15) is 0 Å². The van der Waals surface area contributed by atoms with Crippen LogP contribution < -0.4 is 5.32 Å². The molecular weight excluding hydrogens is 270 g/mol. The lowest BCUT2D eigenvalue weighted by Crippen LogP contribution is -2.35. The molecule has 6 heteroatoms. The first-order chi connectivity index (χ1) is 9.96. The van der Waals surface area contributed by atoms with Gasteiger partial charge in [0.25, 0.3) is 5.91 Å². The summed E-state index contributed by atoms with van der Waals surface area (Å²) in [6.07, 6.45) is 0. The Kier molecular flexibility index (Phi) is 6.42. The van der Waals surface area contributed by atoms with Crippen LogP contribution in [0, 0.1) is 13.8 Å². The van der Waals surface area contributed by atoms with Crippen molar-refractivity contribution < 1.29 is 14.3 Å². The maximum Gasteiger partial charge on any atom is 0.354 e. The Hall–Kier alpha value is -1.82. The van der Waals surface area contributed by atoms with Crippen LogP contribution in [0.25, 0.3) is 0 Å². The number of hydrogen-bond donors (Lipinski definition) is 2. The van der Waals surface area contributed by atoms with Crippen molar-refractivity contribution >= 4 is 11.9 Å². The molecule has 0 unspecified atom stereocenters. The van der Waals surface area contributed by atoms with Crippen molar-refractivity contribution in [1.82, 2.24) is 15.2 Å². The summed E-state index contributed by atoms with van der Waals surface area (Å²) in [4.78, 5) is 29.0. The third-order valence-corrected chi connectivity index (χ3v) is 3.66. The van der Waals surface area contributed by atoms with Crippen LogP contribution >= 0.6 is 0 Å². The number of carbonyl (C=O) groups is 2. The van der Waals surface area contributed by atoms with Crippen LogP contribution in [0.4, 0.5) is 0 Å². The van der Waals surface area contributed by atoms with E-state index in [1.54, 1.807) is 13.8 Å². The summed E-state index contributed by atoms with van der Waals surface area (Å²) in [6.45, 7) is 11.0. The number of carbonyl (C=O) groups excluding carboxylic acids is 2. The molecule has 0 aromatic carbocycles. The monoisotopic (exact) mass is 295 g/mol. The largest absolute Gasteiger partial charge is 0.464 e. The average Bonchev–Trinajstić information content (AvgIpc) is 2.77. The summed E-state index contributed by atoms with van der Waals surface area (Å²) in [5, 5.41) is 2.90. The van der Waals surface area contributed by atoms with E-state index in [-0.39, 0.29) is 5.91 Å². The number of likely N-dealkylation sites (N-methyl/N-ethyl adjacent to an activating group) is 1. The number of nitrogens with one attached hydrogen (secondary N) is 2. The van der Waals surface area contributed by atoms with Gasteiger partial charge >= 0.3 is 5.97 Å². The van der Waals surface area contributed by atoms with Crippen molar-refractivity contribution in [3.8, 4) is 0 Å². The Morgan fingerprint density at radius 1 is 1.24 bits per heavy atom. The van der Waals surface area contributed by atoms with E-state index < -0.39 is 5.97 Å². The third-order valence-electron chi connectivity index (χ3n) is 3.66. The van der Waals surface area contributed by atoms with Gasteiger partial charge in [0.1, 0.15) is 5.69 Å². The van der Waals surface area contributed by atoms with E-state index in [0.29, 0.717) is 29.1 Å². The van der Waals surface area contributed by atoms with Gasteiger partial charge in [0.05, 0.1) is 12.7 Å². The number of ether oxygens (including phenoxy) is 1. The lowest BCUT2D eigenvalue weighted by molar-refractivity contribution is 0.0594. The molecule has 0 aliphatic heterocycles. The molecule has 6 nitrogen and oxygen atoms in total. The Morgan fingerprint density at radius 2 is 1.86 bits per heavy atom. The molecule has 118 valence electrons. The zero-order valence-electron chi connectivity index (χ0n) is 13.5. The van der Waals surface area contributed by atoms with Crippen LogP contribution in [0.15, 0.2) is 0 Å². The van der Waals surface area contributed by atoms with E-state index in [9.17, 15) is 9.59 Å². The quantitative estimate of drug-likeness (QED) is 0.747. The fourth-order valence-electron chi connectivity index (χ4n) is 2.35.